The first-order valence-electron chi connectivity index (χ1n) is 21.1. The van der Waals surface area contributed by atoms with Crippen LogP contribution in [0, 0.1) is 10.1 Å². The molecule has 7 rings (SSSR count). The highest BCUT2D eigenvalue weighted by Gasteiger charge is 2.26. The number of fused-ring (bicyclic) bond motifs is 1. The minimum Gasteiger partial charge on any atom is -0.383 e. The molecular weight excluding hydrogens is 872 g/mol. The minimum absolute atomic E-state index is 0.0788. The summed E-state index contributed by atoms with van der Waals surface area (Å²) in [5.74, 6) is 0.695. The number of nitrogens with zero attached hydrogens (tertiary/aromatic N) is 6. The third kappa shape index (κ3) is 12.5. The Hall–Kier alpha value is -5.33. The Labute approximate surface area is 384 Å². The molecule has 0 saturated carbocycles. The second-order valence-electron chi connectivity index (χ2n) is 15.5. The predicted octanol–water partition coefficient (Wildman–Crippen LogP) is 8.54. The standard InChI is InChI=1S/C47H53ClN8O6S2/c1-61-28-26-53(27-29-62-2)21-20-38(33-63-40-9-4-3-5-10-40)51-44-19-17-41(31-46(44)56(57)58)64(59,60)52-47-43-18-16-39(30-45(43)49-34-50-47)55-24-22-54(23-25-55)32-36-8-6-7-11-42(36)35-12-14-37(48)15-13-35/h3-19,30-31,34,38,51H,20-29,32-33H2,1-2H3,(H,49,50,52). The molecule has 1 atom stereocenters. The van der Waals surface area contributed by atoms with E-state index < -0.39 is 14.9 Å². The number of anilines is 3. The van der Waals surface area contributed by atoms with Gasteiger partial charge in [0.25, 0.3) is 15.7 Å². The zero-order chi connectivity index (χ0) is 44.9. The van der Waals surface area contributed by atoms with Gasteiger partial charge in [-0.2, -0.15) is 0 Å². The van der Waals surface area contributed by atoms with Gasteiger partial charge in [-0.15, -0.1) is 11.8 Å². The highest BCUT2D eigenvalue weighted by Crippen LogP contribution is 2.33. The summed E-state index contributed by atoms with van der Waals surface area (Å²) in [6, 6.07) is 35.8. The number of hydrogen-bond acceptors (Lipinski definition) is 13. The van der Waals surface area contributed by atoms with Gasteiger partial charge in [0.1, 0.15) is 12.0 Å². The Balaban J connectivity index is 1.02. The van der Waals surface area contributed by atoms with Crippen LogP contribution < -0.4 is 14.9 Å². The van der Waals surface area contributed by atoms with E-state index in [4.69, 9.17) is 21.1 Å². The van der Waals surface area contributed by atoms with Crippen LogP contribution in [-0.4, -0.2) is 118 Å². The van der Waals surface area contributed by atoms with E-state index in [1.165, 1.54) is 29.6 Å². The van der Waals surface area contributed by atoms with Crippen LogP contribution in [0.15, 0.2) is 131 Å². The highest BCUT2D eigenvalue weighted by molar-refractivity contribution is 7.99. The van der Waals surface area contributed by atoms with Gasteiger partial charge in [0.15, 0.2) is 5.82 Å². The van der Waals surface area contributed by atoms with Crippen LogP contribution in [0.25, 0.3) is 22.0 Å². The molecule has 1 saturated heterocycles. The SMILES string of the molecule is COCCN(CCOC)CCC(CSc1ccccc1)Nc1ccc(S(=O)(=O)Nc2ncnc3cc(N4CCN(Cc5ccccc5-c5ccc(Cl)cc5)CC4)ccc23)cc1[N+](=O)[O-]. The van der Waals surface area contributed by atoms with Crippen molar-refractivity contribution >= 4 is 67.2 Å². The molecule has 2 N–H and O–H groups in total. The number of piperazine rings is 1. The predicted molar refractivity (Wildman–Crippen MR) is 257 cm³/mol. The second kappa shape index (κ2) is 22.5. The molecule has 6 aromatic rings. The van der Waals surface area contributed by atoms with Gasteiger partial charge in [0, 0.05) is 105 Å². The zero-order valence-electron chi connectivity index (χ0n) is 35.9. The van der Waals surface area contributed by atoms with Crippen molar-refractivity contribution in [3.8, 4) is 11.1 Å². The largest absolute Gasteiger partial charge is 0.383 e. The van der Waals surface area contributed by atoms with Gasteiger partial charge in [-0.05, 0) is 77.7 Å². The Kier molecular flexibility index (Phi) is 16.4. The number of aromatic nitrogens is 2. The van der Waals surface area contributed by atoms with E-state index in [9.17, 15) is 18.5 Å². The van der Waals surface area contributed by atoms with Crippen molar-refractivity contribution in [2.24, 2.45) is 0 Å². The molecule has 0 bridgehead atoms. The van der Waals surface area contributed by atoms with E-state index in [2.05, 4.69) is 71.1 Å². The summed E-state index contributed by atoms with van der Waals surface area (Å²) < 4.78 is 41.0. The number of methoxy groups -OCH3 is 2. The van der Waals surface area contributed by atoms with E-state index in [0.717, 1.165) is 54.9 Å². The Morgan fingerprint density at radius 3 is 2.30 bits per heavy atom. The van der Waals surface area contributed by atoms with Crippen molar-refractivity contribution in [2.45, 2.75) is 28.8 Å². The first kappa shape index (κ1) is 46.7. The van der Waals surface area contributed by atoms with Gasteiger partial charge in [-0.3, -0.25) is 24.6 Å². The van der Waals surface area contributed by atoms with Gasteiger partial charge in [0.05, 0.1) is 28.5 Å². The lowest BCUT2D eigenvalue weighted by Gasteiger charge is -2.36. The average Bonchev–Trinajstić information content (AvgIpc) is 3.31. The van der Waals surface area contributed by atoms with Crippen molar-refractivity contribution in [2.75, 3.05) is 93.9 Å². The normalized spacial score (nSPS) is 13.9. The van der Waals surface area contributed by atoms with E-state index in [1.54, 1.807) is 26.0 Å². The molecular formula is C47H53ClN8O6S2. The zero-order valence-corrected chi connectivity index (χ0v) is 38.3. The number of nitrogens with one attached hydrogen (secondary N) is 2. The van der Waals surface area contributed by atoms with Crippen LogP contribution in [-0.2, 0) is 26.0 Å². The quantitative estimate of drug-likeness (QED) is 0.0380. The molecule has 17 heteroatoms. The Bertz CT molecular complexity index is 2580. The first-order chi connectivity index (χ1) is 31.1. The van der Waals surface area contributed by atoms with Gasteiger partial charge in [0.2, 0.25) is 0 Å². The van der Waals surface area contributed by atoms with E-state index in [0.29, 0.717) is 60.9 Å². The maximum absolute atomic E-state index is 13.9. The molecule has 0 spiro atoms. The van der Waals surface area contributed by atoms with Gasteiger partial charge < -0.3 is 19.7 Å². The van der Waals surface area contributed by atoms with Crippen molar-refractivity contribution in [3.63, 3.8) is 0 Å². The highest BCUT2D eigenvalue weighted by atomic mass is 35.5. The molecule has 64 heavy (non-hydrogen) atoms. The minimum atomic E-state index is -4.31. The summed E-state index contributed by atoms with van der Waals surface area (Å²) in [5, 5.41) is 17.1. The molecule has 0 aliphatic carbocycles. The second-order valence-corrected chi connectivity index (χ2v) is 18.7. The fourth-order valence-corrected chi connectivity index (χ4v) is 9.85. The van der Waals surface area contributed by atoms with Crippen molar-refractivity contribution in [1.82, 2.24) is 19.8 Å². The van der Waals surface area contributed by atoms with E-state index in [-0.39, 0.29) is 28.1 Å². The molecule has 1 fully saturated rings. The number of rotatable bonds is 22. The van der Waals surface area contributed by atoms with E-state index >= 15 is 0 Å². The van der Waals surface area contributed by atoms with Gasteiger partial charge in [-0.1, -0.05) is 66.2 Å². The lowest BCUT2D eigenvalue weighted by molar-refractivity contribution is -0.384. The maximum Gasteiger partial charge on any atom is 0.293 e. The maximum atomic E-state index is 13.9. The third-order valence-electron chi connectivity index (χ3n) is 11.2. The van der Waals surface area contributed by atoms with Crippen LogP contribution >= 0.6 is 23.4 Å². The number of ether oxygens (including phenoxy) is 2. The molecule has 336 valence electrons. The molecule has 0 amide bonds. The smallest absolute Gasteiger partial charge is 0.293 e. The fourth-order valence-electron chi connectivity index (χ4n) is 7.68. The number of thioether (sulfide) groups is 1. The summed E-state index contributed by atoms with van der Waals surface area (Å²) in [5.41, 5.74) is 5.00. The van der Waals surface area contributed by atoms with Crippen molar-refractivity contribution in [3.05, 3.63) is 142 Å². The lowest BCUT2D eigenvalue weighted by Crippen LogP contribution is -2.46. The molecule has 1 aliphatic rings. The van der Waals surface area contributed by atoms with Crippen molar-refractivity contribution in [1.29, 1.82) is 0 Å². The molecule has 1 aromatic heterocycles. The van der Waals surface area contributed by atoms with Gasteiger partial charge >= 0.3 is 0 Å². The summed E-state index contributed by atoms with van der Waals surface area (Å²) >= 11 is 7.79. The third-order valence-corrected chi connectivity index (χ3v) is 14.0. The van der Waals surface area contributed by atoms with Gasteiger partial charge in [-0.25, -0.2) is 18.4 Å². The topological polar surface area (TPSA) is 155 Å². The molecule has 5 aromatic carbocycles. The number of sulfonamides is 1. The number of hydrogen-bond donors (Lipinski definition) is 2. The van der Waals surface area contributed by atoms with Crippen LogP contribution in [0.5, 0.6) is 0 Å². The summed E-state index contributed by atoms with van der Waals surface area (Å²) in [6.07, 6.45) is 1.97. The summed E-state index contributed by atoms with van der Waals surface area (Å²) in [6.45, 7) is 7.37. The molecule has 14 nitrogen and oxygen atoms in total. The Morgan fingerprint density at radius 1 is 0.859 bits per heavy atom. The number of halogens is 1. The number of nitro groups is 1. The summed E-state index contributed by atoms with van der Waals surface area (Å²) in [4.78, 5) is 28.5. The molecule has 1 unspecified atom stereocenters. The van der Waals surface area contributed by atoms with Crippen molar-refractivity contribution < 1.29 is 22.8 Å². The summed E-state index contributed by atoms with van der Waals surface area (Å²) in [7, 11) is -0.983. The van der Waals surface area contributed by atoms with Crippen LogP contribution in [0.3, 0.4) is 0 Å². The number of nitro benzene ring substituents is 1. The number of benzene rings is 5. The molecule has 0 radical (unpaired) electrons. The monoisotopic (exact) mass is 924 g/mol. The fraction of sp³-hybridized carbons (Fsp3) is 0.319. The van der Waals surface area contributed by atoms with Crippen LogP contribution in [0.2, 0.25) is 5.02 Å². The Morgan fingerprint density at radius 2 is 1.58 bits per heavy atom. The van der Waals surface area contributed by atoms with Crippen LogP contribution in [0.4, 0.5) is 22.9 Å². The average molecular weight is 926 g/mol. The lowest BCUT2D eigenvalue weighted by atomic mass is 9.99. The molecule has 2 heterocycles. The first-order valence-corrected chi connectivity index (χ1v) is 24.0. The van der Waals surface area contributed by atoms with Crippen LogP contribution in [0.1, 0.15) is 12.0 Å². The molecule has 1 aliphatic heterocycles. The van der Waals surface area contributed by atoms with E-state index in [1.807, 2.05) is 60.7 Å².